The lowest BCUT2D eigenvalue weighted by molar-refractivity contribution is -0.137. The highest BCUT2D eigenvalue weighted by Crippen LogP contribution is 2.42. The molecule has 4 aliphatic heterocycles. The van der Waals surface area contributed by atoms with Crippen LogP contribution in [-0.4, -0.2) is 163 Å². The number of aliphatic carboxylic acids is 4. The number of alkyl halides is 3. The molecule has 25 nitrogen and oxygen atoms in total. The lowest BCUT2D eigenvalue weighted by atomic mass is 9.97. The molecule has 0 radical (unpaired) electrons. The number of carbonyl (C=O) groups excluding carboxylic acids is 5. The van der Waals surface area contributed by atoms with E-state index in [0.29, 0.717) is 151 Å². The second kappa shape index (κ2) is 49.8. The van der Waals surface area contributed by atoms with Gasteiger partial charge in [0.25, 0.3) is 23.6 Å². The average molecular weight is 1740 g/mol. The van der Waals surface area contributed by atoms with Gasteiger partial charge < -0.3 is 82.7 Å². The van der Waals surface area contributed by atoms with E-state index < -0.39 is 53.7 Å². The third-order valence-electron chi connectivity index (χ3n) is 21.3. The van der Waals surface area contributed by atoms with Gasteiger partial charge in [-0.05, 0) is 139 Å². The van der Waals surface area contributed by atoms with Crippen LogP contribution >= 0.6 is 0 Å². The van der Waals surface area contributed by atoms with Crippen molar-refractivity contribution in [1.29, 1.82) is 0 Å². The molecule has 12 rings (SSSR count). The normalized spacial score (nSPS) is 16.0. The van der Waals surface area contributed by atoms with E-state index in [2.05, 4.69) is 6.92 Å². The summed E-state index contributed by atoms with van der Waals surface area (Å²) in [5, 5.41) is 36.3. The smallest absolute Gasteiger partial charge is 0.307 e. The molecule has 674 valence electrons. The summed E-state index contributed by atoms with van der Waals surface area (Å²) >= 11 is 0. The predicted molar refractivity (Wildman–Crippen MR) is 471 cm³/mol. The molecule has 0 spiro atoms. The Morgan fingerprint density at radius 2 is 0.698 bits per heavy atom. The number of carboxylic acids is 4. The van der Waals surface area contributed by atoms with E-state index >= 15 is 0 Å². The predicted octanol–water partition coefficient (Wildman–Crippen LogP) is 18.0. The van der Waals surface area contributed by atoms with Crippen molar-refractivity contribution in [3.8, 4) is 46.0 Å². The van der Waals surface area contributed by atoms with Gasteiger partial charge in [-0.25, -0.2) is 8.78 Å². The number of ether oxygens (including phenoxy) is 8. The van der Waals surface area contributed by atoms with Crippen LogP contribution in [-0.2, 0) is 68.8 Å². The number of halogens is 3. The van der Waals surface area contributed by atoms with Crippen LogP contribution in [0.5, 0.6) is 46.0 Å². The van der Waals surface area contributed by atoms with Crippen LogP contribution in [0.15, 0.2) is 194 Å². The quantitative estimate of drug-likeness (QED) is 0.0258. The van der Waals surface area contributed by atoms with Gasteiger partial charge in [0.05, 0.1) is 81.5 Å². The second-order valence-electron chi connectivity index (χ2n) is 31.4. The van der Waals surface area contributed by atoms with Crippen LogP contribution in [0.1, 0.15) is 172 Å². The SMILES string of the molecule is CC(=O)CCCCN1C(=O)C(CCOc2ccccc2CC(=O)O)Oc2ccccc21.CC(F)(F)CCCCCN1C(=O)C(CCOc2ccccc2CC(=O)O)Oc2ccccc21.CCCCCCN1C(=O)C(C)(CCOc2ccccc2CC(=O)O)Oc2ccccc21.O=C(O)Cc1ccccc1OCCC1Oc2ccccc2N(CCCCCCF)C1=O. The number of anilines is 4. The molecule has 4 heterocycles. The lowest BCUT2D eigenvalue weighted by Crippen LogP contribution is -2.55. The molecule has 0 fully saturated rings. The van der Waals surface area contributed by atoms with E-state index in [1.807, 2.05) is 95.9 Å². The third kappa shape index (κ3) is 30.1. The summed E-state index contributed by atoms with van der Waals surface area (Å²) in [7, 11) is 0. The molecule has 28 heteroatoms. The Kier molecular flexibility index (Phi) is 38.4. The summed E-state index contributed by atoms with van der Waals surface area (Å²) < 4.78 is 85.5. The Bertz CT molecular complexity index is 4910. The van der Waals surface area contributed by atoms with Gasteiger partial charge in [-0.2, -0.15) is 0 Å². The molecule has 8 aromatic rings. The van der Waals surface area contributed by atoms with Crippen molar-refractivity contribution in [2.45, 2.75) is 205 Å². The molecule has 4 atom stereocenters. The van der Waals surface area contributed by atoms with E-state index in [1.54, 1.807) is 132 Å². The fraction of sp³-hybridized carbons (Fsp3) is 0.418. The van der Waals surface area contributed by atoms with Crippen LogP contribution < -0.4 is 57.5 Å². The van der Waals surface area contributed by atoms with Gasteiger partial charge in [0.15, 0.2) is 23.9 Å². The molecule has 4 aliphatic rings. The zero-order chi connectivity index (χ0) is 90.4. The van der Waals surface area contributed by atoms with Crippen LogP contribution in [0.3, 0.4) is 0 Å². The molecule has 0 saturated heterocycles. The number of benzene rings is 8. The maximum absolute atomic E-state index is 13.4. The number of carbonyl (C=O) groups is 9. The topological polar surface area (TPSA) is 321 Å². The number of ketones is 1. The van der Waals surface area contributed by atoms with Gasteiger partial charge in [0.1, 0.15) is 51.8 Å². The number of fused-ring (bicyclic) bond motifs is 4. The summed E-state index contributed by atoms with van der Waals surface area (Å²) in [4.78, 5) is 115. The van der Waals surface area contributed by atoms with Gasteiger partial charge in [-0.15, -0.1) is 0 Å². The molecule has 0 bridgehead atoms. The van der Waals surface area contributed by atoms with Crippen molar-refractivity contribution in [2.24, 2.45) is 0 Å². The minimum atomic E-state index is -2.67. The van der Waals surface area contributed by atoms with E-state index in [0.717, 1.165) is 81.8 Å². The minimum Gasteiger partial charge on any atom is -0.493 e. The molecule has 0 aliphatic carbocycles. The summed E-state index contributed by atoms with van der Waals surface area (Å²) in [6.45, 7) is 9.17. The van der Waals surface area contributed by atoms with E-state index in [-0.39, 0.29) is 101 Å². The first-order valence-corrected chi connectivity index (χ1v) is 43.2. The van der Waals surface area contributed by atoms with Gasteiger partial charge in [-0.3, -0.25) is 42.7 Å². The van der Waals surface area contributed by atoms with Crippen LogP contribution in [0.4, 0.5) is 35.9 Å². The fourth-order valence-electron chi connectivity index (χ4n) is 14.8. The number of rotatable bonds is 46. The molecule has 0 aromatic heterocycles. The second-order valence-corrected chi connectivity index (χ2v) is 31.4. The van der Waals surface area contributed by atoms with Crippen molar-refractivity contribution in [1.82, 2.24) is 0 Å². The third-order valence-corrected chi connectivity index (χ3v) is 21.3. The van der Waals surface area contributed by atoms with Gasteiger partial charge in [-0.1, -0.05) is 167 Å². The summed E-state index contributed by atoms with van der Waals surface area (Å²) in [5.74, 6) is -2.20. The Labute approximate surface area is 733 Å². The fourth-order valence-corrected chi connectivity index (χ4v) is 14.8. The van der Waals surface area contributed by atoms with E-state index in [4.69, 9.17) is 58.3 Å². The number of unbranched alkanes of at least 4 members (excludes halogenated alkanes) is 9. The largest absolute Gasteiger partial charge is 0.493 e. The Morgan fingerprint density at radius 3 is 1.05 bits per heavy atom. The molecular weight excluding hydrogens is 1630 g/mol. The first-order chi connectivity index (χ1) is 60.7. The number of amides is 4. The number of carboxylic acid groups (broad SMARTS) is 4. The number of hydrogen-bond acceptors (Lipinski definition) is 17. The standard InChI is InChI=1S/C25H29F2NO5.C25H31NO5.C24H28FNO5.C24H27NO6/c1-25(26,27)14-7-2-8-15-28-19-10-4-6-12-21(19)33-22(24(28)31)13-16-32-20-11-5-3-9-18(20)17-23(29)30;1-3-4-5-10-16-26-20-12-7-9-14-22(20)31-25(2,24(26)29)15-17-30-21-13-8-6-11-19(21)18-23(27)28;25-14-7-1-2-8-15-26-19-10-4-6-12-21(19)31-22(24(26)29)13-16-30-20-11-5-3-9-18(20)17-23(27)28;1-17(26)8-6-7-14-25-19-10-3-5-12-21(19)31-22(24(25)29)13-15-30-20-11-4-2-9-18(20)16-23(27)28/h3-6,9-12,22H,2,7-8,13-17H2,1H3,(H,29,30);6-9,11-14H,3-5,10,15-18H2,1-2H3,(H,27,28);3-6,9-12,22H,1-2,7-8,13-17H2,(H,27,28);2-5,9-12,22H,6-8,13-16H2,1H3,(H,27,28). The summed E-state index contributed by atoms with van der Waals surface area (Å²) in [5.41, 5.74) is 4.28. The zero-order valence-electron chi connectivity index (χ0n) is 72.0. The molecule has 4 unspecified atom stereocenters. The summed E-state index contributed by atoms with van der Waals surface area (Å²) in [6, 6.07) is 57.7. The molecule has 4 amide bonds. The number of hydrogen-bond donors (Lipinski definition) is 4. The van der Waals surface area contributed by atoms with Crippen molar-refractivity contribution < 1.29 is 115 Å². The molecular formula is C98H115F3N4O21. The average Bonchev–Trinajstić information content (AvgIpc) is 0.762. The van der Waals surface area contributed by atoms with Gasteiger partial charge >= 0.3 is 23.9 Å². The van der Waals surface area contributed by atoms with Gasteiger partial charge in [0, 0.05) is 87.0 Å². The van der Waals surface area contributed by atoms with Crippen LogP contribution in [0, 0.1) is 0 Å². The van der Waals surface area contributed by atoms with Gasteiger partial charge in [0.2, 0.25) is 5.92 Å². The Morgan fingerprint density at radius 1 is 0.397 bits per heavy atom. The number of para-hydroxylation sites is 12. The summed E-state index contributed by atoms with van der Waals surface area (Å²) in [6.07, 6.45) is 9.47. The highest BCUT2D eigenvalue weighted by atomic mass is 19.3. The highest BCUT2D eigenvalue weighted by molar-refractivity contribution is 6.03. The Hall–Kier alpha value is -12.6. The van der Waals surface area contributed by atoms with Crippen LogP contribution in [0.2, 0.25) is 0 Å². The monoisotopic (exact) mass is 1740 g/mol. The number of Topliss-reactive ketones (excluding diaryl/α,β-unsaturated/α-hetero) is 1. The molecule has 126 heavy (non-hydrogen) atoms. The van der Waals surface area contributed by atoms with Crippen molar-refractivity contribution in [3.05, 3.63) is 216 Å². The molecule has 8 aromatic carbocycles. The highest BCUT2D eigenvalue weighted by Gasteiger charge is 2.45. The zero-order valence-corrected chi connectivity index (χ0v) is 72.0. The van der Waals surface area contributed by atoms with E-state index in [1.165, 1.54) is 0 Å². The maximum Gasteiger partial charge on any atom is 0.307 e. The molecule has 4 N–H and O–H groups in total. The minimum absolute atomic E-state index is 0.0647. The Balaban J connectivity index is 0.000000190. The number of nitrogens with zero attached hydrogens (tertiary/aromatic N) is 4. The van der Waals surface area contributed by atoms with Crippen LogP contribution in [0.25, 0.3) is 0 Å². The van der Waals surface area contributed by atoms with Crippen molar-refractivity contribution in [3.63, 3.8) is 0 Å². The first kappa shape index (κ1) is 97.2. The van der Waals surface area contributed by atoms with Crippen molar-refractivity contribution >= 4 is 76.0 Å². The first-order valence-electron chi connectivity index (χ1n) is 43.2. The van der Waals surface area contributed by atoms with E-state index in [9.17, 15) is 56.3 Å². The molecule has 0 saturated carbocycles. The lowest BCUT2D eigenvalue weighted by Gasteiger charge is -2.40. The van der Waals surface area contributed by atoms with Crippen molar-refractivity contribution in [2.75, 3.05) is 78.9 Å². The maximum atomic E-state index is 13.4.